The number of aromatic nitrogens is 2. The van der Waals surface area contributed by atoms with Crippen molar-refractivity contribution >= 4 is 17.3 Å². The molecule has 0 bridgehead atoms. The molecular formula is C27H22F2N4O3. The van der Waals surface area contributed by atoms with Crippen molar-refractivity contribution in [3.63, 3.8) is 0 Å². The SMILES string of the molecule is CCOc1ccc(C2NC(=O)N(c3ccc(F)cc3)C(C)=C2c2nc(-c3ccc(F)cc3)no2)cc1. The Bertz CT molecular complexity index is 1410. The molecule has 1 atom stereocenters. The van der Waals surface area contributed by atoms with Crippen LogP contribution in [0.15, 0.2) is 83.0 Å². The summed E-state index contributed by atoms with van der Waals surface area (Å²) < 4.78 is 38.1. The minimum absolute atomic E-state index is 0.192. The normalized spacial score (nSPS) is 15.7. The summed E-state index contributed by atoms with van der Waals surface area (Å²) in [5.41, 5.74) is 2.95. The molecule has 0 radical (unpaired) electrons. The summed E-state index contributed by atoms with van der Waals surface area (Å²) in [6.45, 7) is 4.20. The topological polar surface area (TPSA) is 80.5 Å². The van der Waals surface area contributed by atoms with Gasteiger partial charge in [0.2, 0.25) is 5.82 Å². The standard InChI is InChI=1S/C27H22F2N4O3/c1-3-35-22-14-6-17(7-15-22)24-23(26-31-25(32-36-26)18-4-8-19(28)9-5-18)16(2)33(27(34)30-24)21-12-10-20(29)11-13-21/h4-15,24H,3H2,1-2H3,(H,30,34). The molecule has 182 valence electrons. The third kappa shape index (κ3) is 4.43. The minimum atomic E-state index is -0.605. The Kier molecular flexibility index (Phi) is 6.20. The fraction of sp³-hybridized carbons (Fsp3) is 0.148. The zero-order valence-electron chi connectivity index (χ0n) is 19.5. The van der Waals surface area contributed by atoms with E-state index in [0.717, 1.165) is 5.56 Å². The monoisotopic (exact) mass is 488 g/mol. The molecule has 2 amide bonds. The lowest BCUT2D eigenvalue weighted by atomic mass is 9.94. The van der Waals surface area contributed by atoms with Gasteiger partial charge in [-0.1, -0.05) is 17.3 Å². The summed E-state index contributed by atoms with van der Waals surface area (Å²) in [5, 5.41) is 7.08. The Morgan fingerprint density at radius 2 is 1.61 bits per heavy atom. The van der Waals surface area contributed by atoms with Crippen molar-refractivity contribution in [3.05, 3.63) is 102 Å². The molecule has 0 saturated heterocycles. The van der Waals surface area contributed by atoms with E-state index in [1.165, 1.54) is 41.3 Å². The highest BCUT2D eigenvalue weighted by molar-refractivity contribution is 6.01. The van der Waals surface area contributed by atoms with Crippen LogP contribution in [0.1, 0.15) is 31.3 Å². The molecular weight excluding hydrogens is 466 g/mol. The molecule has 5 rings (SSSR count). The van der Waals surface area contributed by atoms with Crippen molar-refractivity contribution in [2.24, 2.45) is 0 Å². The van der Waals surface area contributed by atoms with Gasteiger partial charge in [-0.2, -0.15) is 4.98 Å². The Balaban J connectivity index is 1.61. The second kappa shape index (κ2) is 9.61. The predicted octanol–water partition coefficient (Wildman–Crippen LogP) is 6.12. The van der Waals surface area contributed by atoms with Crippen molar-refractivity contribution in [1.29, 1.82) is 0 Å². The summed E-state index contributed by atoms with van der Waals surface area (Å²) in [4.78, 5) is 19.2. The quantitative estimate of drug-likeness (QED) is 0.354. The van der Waals surface area contributed by atoms with E-state index in [4.69, 9.17) is 9.26 Å². The molecule has 9 heteroatoms. The van der Waals surface area contributed by atoms with Crippen molar-refractivity contribution in [2.75, 3.05) is 11.5 Å². The average Bonchev–Trinajstić information content (AvgIpc) is 3.36. The van der Waals surface area contributed by atoms with E-state index in [1.807, 2.05) is 31.2 Å². The van der Waals surface area contributed by atoms with Gasteiger partial charge in [-0.25, -0.2) is 13.6 Å². The van der Waals surface area contributed by atoms with Crippen LogP contribution in [-0.4, -0.2) is 22.8 Å². The van der Waals surface area contributed by atoms with E-state index in [-0.39, 0.29) is 23.6 Å². The molecule has 1 aliphatic rings. The molecule has 7 nitrogen and oxygen atoms in total. The highest BCUT2D eigenvalue weighted by Gasteiger charge is 2.36. The van der Waals surface area contributed by atoms with Crippen LogP contribution in [0.3, 0.4) is 0 Å². The van der Waals surface area contributed by atoms with Gasteiger partial charge >= 0.3 is 6.03 Å². The highest BCUT2D eigenvalue weighted by atomic mass is 19.1. The first-order chi connectivity index (χ1) is 17.4. The van der Waals surface area contributed by atoms with E-state index in [1.54, 1.807) is 19.1 Å². The fourth-order valence-electron chi connectivity index (χ4n) is 4.14. The zero-order valence-corrected chi connectivity index (χ0v) is 19.5. The maximum atomic E-state index is 13.6. The second-order valence-corrected chi connectivity index (χ2v) is 8.13. The number of rotatable bonds is 6. The first kappa shape index (κ1) is 23.2. The maximum Gasteiger partial charge on any atom is 0.326 e. The van der Waals surface area contributed by atoms with Crippen LogP contribution in [0.2, 0.25) is 0 Å². The van der Waals surface area contributed by atoms with Crippen molar-refractivity contribution in [3.8, 4) is 17.1 Å². The van der Waals surface area contributed by atoms with Crippen LogP contribution < -0.4 is 15.0 Å². The molecule has 1 aliphatic heterocycles. The zero-order chi connectivity index (χ0) is 25.2. The molecule has 1 aromatic heterocycles. The van der Waals surface area contributed by atoms with Gasteiger partial charge in [0.25, 0.3) is 5.89 Å². The molecule has 0 saturated carbocycles. The smallest absolute Gasteiger partial charge is 0.326 e. The number of halogens is 2. The van der Waals surface area contributed by atoms with Gasteiger partial charge in [-0.05, 0) is 80.1 Å². The number of amides is 2. The number of nitrogens with zero attached hydrogens (tertiary/aromatic N) is 3. The summed E-state index contributed by atoms with van der Waals surface area (Å²) in [6.07, 6.45) is 0. The van der Waals surface area contributed by atoms with Gasteiger partial charge in [0.1, 0.15) is 17.4 Å². The number of benzene rings is 3. The van der Waals surface area contributed by atoms with Gasteiger partial charge in [0.15, 0.2) is 0 Å². The molecule has 0 spiro atoms. The molecule has 1 N–H and O–H groups in total. The van der Waals surface area contributed by atoms with Crippen LogP contribution in [0.25, 0.3) is 17.0 Å². The number of urea groups is 1. The number of hydrogen-bond donors (Lipinski definition) is 1. The Morgan fingerprint density at radius 3 is 2.25 bits per heavy atom. The summed E-state index contributed by atoms with van der Waals surface area (Å²) in [6, 6.07) is 17.7. The lowest BCUT2D eigenvalue weighted by molar-refractivity contribution is 0.244. The number of ether oxygens (including phenoxy) is 1. The van der Waals surface area contributed by atoms with Gasteiger partial charge in [0, 0.05) is 11.3 Å². The largest absolute Gasteiger partial charge is 0.494 e. The molecule has 4 aromatic rings. The molecule has 36 heavy (non-hydrogen) atoms. The van der Waals surface area contributed by atoms with Crippen molar-refractivity contribution < 1.29 is 22.8 Å². The third-order valence-electron chi connectivity index (χ3n) is 5.85. The lowest BCUT2D eigenvalue weighted by Crippen LogP contribution is -2.46. The van der Waals surface area contributed by atoms with E-state index < -0.39 is 11.9 Å². The van der Waals surface area contributed by atoms with E-state index in [9.17, 15) is 13.6 Å². The van der Waals surface area contributed by atoms with Gasteiger partial charge in [-0.15, -0.1) is 0 Å². The molecule has 0 aliphatic carbocycles. The number of carbonyl (C=O) groups is 1. The van der Waals surface area contributed by atoms with E-state index >= 15 is 0 Å². The summed E-state index contributed by atoms with van der Waals surface area (Å²) >= 11 is 0. The average molecular weight is 488 g/mol. The van der Waals surface area contributed by atoms with Crippen molar-refractivity contribution in [1.82, 2.24) is 15.5 Å². The fourth-order valence-corrected chi connectivity index (χ4v) is 4.14. The number of hydrogen-bond acceptors (Lipinski definition) is 5. The third-order valence-corrected chi connectivity index (χ3v) is 5.85. The predicted molar refractivity (Wildman–Crippen MR) is 130 cm³/mol. The van der Waals surface area contributed by atoms with Crippen LogP contribution in [-0.2, 0) is 0 Å². The van der Waals surface area contributed by atoms with Gasteiger partial charge in [0.05, 0.1) is 23.9 Å². The summed E-state index contributed by atoms with van der Waals surface area (Å²) in [7, 11) is 0. The molecule has 0 fully saturated rings. The summed E-state index contributed by atoms with van der Waals surface area (Å²) in [5.74, 6) is 0.390. The van der Waals surface area contributed by atoms with Gasteiger partial charge in [-0.3, -0.25) is 4.90 Å². The lowest BCUT2D eigenvalue weighted by Gasteiger charge is -2.35. The maximum absolute atomic E-state index is 13.6. The Morgan fingerprint density at radius 1 is 0.972 bits per heavy atom. The first-order valence-electron chi connectivity index (χ1n) is 11.3. The van der Waals surface area contributed by atoms with E-state index in [0.29, 0.717) is 34.9 Å². The van der Waals surface area contributed by atoms with E-state index in [2.05, 4.69) is 15.5 Å². The first-order valence-corrected chi connectivity index (χ1v) is 11.3. The number of allylic oxidation sites excluding steroid dienone is 1. The van der Waals surface area contributed by atoms with Gasteiger partial charge < -0.3 is 14.6 Å². The highest BCUT2D eigenvalue weighted by Crippen LogP contribution is 2.39. The molecule has 3 aromatic carbocycles. The molecule has 2 heterocycles. The number of anilines is 1. The number of carbonyl (C=O) groups excluding carboxylic acids is 1. The van der Waals surface area contributed by atoms with Crippen LogP contribution in [0, 0.1) is 11.6 Å². The minimum Gasteiger partial charge on any atom is -0.494 e. The Hall–Kier alpha value is -4.53. The Labute approximate surface area is 206 Å². The second-order valence-electron chi connectivity index (χ2n) is 8.13. The van der Waals surface area contributed by atoms with Crippen molar-refractivity contribution in [2.45, 2.75) is 19.9 Å². The van der Waals surface area contributed by atoms with Crippen LogP contribution in [0.5, 0.6) is 5.75 Å². The molecule has 1 unspecified atom stereocenters. The number of nitrogens with one attached hydrogen (secondary N) is 1. The van der Waals surface area contributed by atoms with Crippen LogP contribution in [0.4, 0.5) is 19.3 Å². The van der Waals surface area contributed by atoms with Crippen LogP contribution >= 0.6 is 0 Å².